The molecule has 0 saturated heterocycles. The Morgan fingerprint density at radius 3 is 2.65 bits per heavy atom. The molecule has 1 aliphatic heterocycles. The van der Waals surface area contributed by atoms with Crippen LogP contribution in [0, 0.1) is 5.92 Å². The fraction of sp³-hybridized carbons (Fsp3) is 0.846. The van der Waals surface area contributed by atoms with Crippen molar-refractivity contribution in [3.05, 3.63) is 0 Å². The van der Waals surface area contributed by atoms with Crippen molar-refractivity contribution < 1.29 is 4.79 Å². The lowest BCUT2D eigenvalue weighted by molar-refractivity contribution is -0.132. The zero-order valence-corrected chi connectivity index (χ0v) is 11.1. The quantitative estimate of drug-likeness (QED) is 0.705. The summed E-state index contributed by atoms with van der Waals surface area (Å²) < 4.78 is 0. The average molecular weight is 239 g/mol. The Morgan fingerprint density at radius 1 is 1.29 bits per heavy atom. The standard InChI is InChI=1S/C13H25N3O/c1-3-5-10-16-13(17)11(8-6-9-14)12(15-16)7-4-2/h11H,3-10,14H2,1-2H3. The monoisotopic (exact) mass is 239 g/mol. The van der Waals surface area contributed by atoms with Gasteiger partial charge in [0.25, 0.3) is 5.91 Å². The molecule has 0 saturated carbocycles. The van der Waals surface area contributed by atoms with E-state index in [1.807, 2.05) is 0 Å². The summed E-state index contributed by atoms with van der Waals surface area (Å²) >= 11 is 0. The molecule has 4 heteroatoms. The maximum absolute atomic E-state index is 12.2. The molecule has 1 unspecified atom stereocenters. The van der Waals surface area contributed by atoms with Gasteiger partial charge in [-0.3, -0.25) is 4.79 Å². The Bertz CT molecular complexity index is 276. The summed E-state index contributed by atoms with van der Waals surface area (Å²) in [6.45, 7) is 5.67. The van der Waals surface area contributed by atoms with Gasteiger partial charge in [0, 0.05) is 6.54 Å². The summed E-state index contributed by atoms with van der Waals surface area (Å²) in [6.07, 6.45) is 5.86. The van der Waals surface area contributed by atoms with E-state index in [1.165, 1.54) is 0 Å². The number of nitrogens with two attached hydrogens (primary N) is 1. The minimum atomic E-state index is 0.00959. The van der Waals surface area contributed by atoms with Crippen LogP contribution in [0.15, 0.2) is 5.10 Å². The largest absolute Gasteiger partial charge is 0.330 e. The zero-order valence-electron chi connectivity index (χ0n) is 11.1. The first kappa shape index (κ1) is 14.2. The first-order chi connectivity index (χ1) is 8.24. The Hall–Kier alpha value is -0.900. The molecule has 0 bridgehead atoms. The van der Waals surface area contributed by atoms with Crippen molar-refractivity contribution in [2.24, 2.45) is 16.8 Å². The average Bonchev–Trinajstić information content (AvgIpc) is 2.61. The summed E-state index contributed by atoms with van der Waals surface area (Å²) in [5.74, 6) is 0.200. The van der Waals surface area contributed by atoms with Crippen molar-refractivity contribution >= 4 is 11.6 Å². The van der Waals surface area contributed by atoms with Crippen LogP contribution in [-0.2, 0) is 4.79 Å². The number of hydrogen-bond acceptors (Lipinski definition) is 3. The van der Waals surface area contributed by atoms with Crippen molar-refractivity contribution in [3.8, 4) is 0 Å². The molecule has 98 valence electrons. The summed E-state index contributed by atoms with van der Waals surface area (Å²) in [5, 5.41) is 6.17. The SMILES string of the molecule is CCCCN1N=C(CCC)C(CCCN)C1=O. The third-order valence-electron chi connectivity index (χ3n) is 3.13. The van der Waals surface area contributed by atoms with Crippen LogP contribution in [0.5, 0.6) is 0 Å². The second-order valence-electron chi connectivity index (χ2n) is 4.64. The van der Waals surface area contributed by atoms with Gasteiger partial charge in [0.05, 0.1) is 11.6 Å². The van der Waals surface area contributed by atoms with E-state index in [-0.39, 0.29) is 11.8 Å². The molecule has 17 heavy (non-hydrogen) atoms. The third kappa shape index (κ3) is 3.80. The molecule has 0 aromatic rings. The van der Waals surface area contributed by atoms with E-state index in [4.69, 9.17) is 5.73 Å². The van der Waals surface area contributed by atoms with E-state index in [1.54, 1.807) is 5.01 Å². The van der Waals surface area contributed by atoms with Gasteiger partial charge in [-0.15, -0.1) is 0 Å². The van der Waals surface area contributed by atoms with Gasteiger partial charge in [-0.05, 0) is 32.2 Å². The minimum Gasteiger partial charge on any atom is -0.330 e. The predicted molar refractivity (Wildman–Crippen MR) is 70.7 cm³/mol. The lowest BCUT2D eigenvalue weighted by Crippen LogP contribution is -2.28. The van der Waals surface area contributed by atoms with E-state index < -0.39 is 0 Å². The molecule has 1 heterocycles. The van der Waals surface area contributed by atoms with Gasteiger partial charge in [-0.1, -0.05) is 26.7 Å². The van der Waals surface area contributed by atoms with E-state index >= 15 is 0 Å². The zero-order chi connectivity index (χ0) is 12.7. The maximum Gasteiger partial charge on any atom is 0.251 e. The highest BCUT2D eigenvalue weighted by Crippen LogP contribution is 2.23. The summed E-state index contributed by atoms with van der Waals surface area (Å²) in [6, 6.07) is 0. The van der Waals surface area contributed by atoms with Crippen LogP contribution in [0.2, 0.25) is 0 Å². The Balaban J connectivity index is 2.62. The van der Waals surface area contributed by atoms with Crippen molar-refractivity contribution in [2.45, 2.75) is 52.4 Å². The van der Waals surface area contributed by atoms with Crippen LogP contribution >= 0.6 is 0 Å². The number of unbranched alkanes of at least 4 members (excludes halogenated alkanes) is 1. The molecule has 1 aliphatic rings. The van der Waals surface area contributed by atoms with Crippen LogP contribution in [-0.4, -0.2) is 29.7 Å². The van der Waals surface area contributed by atoms with Gasteiger partial charge < -0.3 is 5.73 Å². The lowest BCUT2D eigenvalue weighted by atomic mass is 9.94. The van der Waals surface area contributed by atoms with Crippen LogP contribution < -0.4 is 5.73 Å². The fourth-order valence-electron chi connectivity index (χ4n) is 2.16. The molecular formula is C13H25N3O. The summed E-state index contributed by atoms with van der Waals surface area (Å²) in [5.41, 5.74) is 6.59. The molecule has 2 N–H and O–H groups in total. The van der Waals surface area contributed by atoms with Gasteiger partial charge in [-0.25, -0.2) is 5.01 Å². The molecule has 0 aromatic heterocycles. The molecule has 1 rings (SSSR count). The Morgan fingerprint density at radius 2 is 2.06 bits per heavy atom. The van der Waals surface area contributed by atoms with Crippen LogP contribution in [0.3, 0.4) is 0 Å². The second-order valence-corrected chi connectivity index (χ2v) is 4.64. The summed E-state index contributed by atoms with van der Waals surface area (Å²) in [4.78, 5) is 12.2. The minimum absolute atomic E-state index is 0.00959. The summed E-state index contributed by atoms with van der Waals surface area (Å²) in [7, 11) is 0. The number of hydrogen-bond donors (Lipinski definition) is 1. The first-order valence-corrected chi connectivity index (χ1v) is 6.83. The topological polar surface area (TPSA) is 58.7 Å². The molecule has 0 aromatic carbocycles. The second kappa shape index (κ2) is 7.43. The van der Waals surface area contributed by atoms with E-state index in [0.717, 1.165) is 50.8 Å². The van der Waals surface area contributed by atoms with Crippen LogP contribution in [0.1, 0.15) is 52.4 Å². The number of hydrazone groups is 1. The molecular weight excluding hydrogens is 214 g/mol. The van der Waals surface area contributed by atoms with Crippen LogP contribution in [0.25, 0.3) is 0 Å². The molecule has 1 atom stereocenters. The molecule has 0 spiro atoms. The molecule has 1 amide bonds. The predicted octanol–water partition coefficient (Wildman–Crippen LogP) is 2.14. The maximum atomic E-state index is 12.2. The van der Waals surface area contributed by atoms with Gasteiger partial charge in [0.2, 0.25) is 0 Å². The van der Waals surface area contributed by atoms with Gasteiger partial charge in [-0.2, -0.15) is 5.10 Å². The molecule has 0 radical (unpaired) electrons. The Labute approximate surface area is 104 Å². The highest BCUT2D eigenvalue weighted by molar-refractivity contribution is 6.07. The number of nitrogens with zero attached hydrogens (tertiary/aromatic N) is 2. The normalized spacial score (nSPS) is 19.9. The van der Waals surface area contributed by atoms with Crippen molar-refractivity contribution in [2.75, 3.05) is 13.1 Å². The molecule has 4 nitrogen and oxygen atoms in total. The smallest absolute Gasteiger partial charge is 0.251 e. The van der Waals surface area contributed by atoms with Gasteiger partial charge >= 0.3 is 0 Å². The van der Waals surface area contributed by atoms with Gasteiger partial charge in [0.1, 0.15) is 0 Å². The molecule has 0 aliphatic carbocycles. The highest BCUT2D eigenvalue weighted by atomic mass is 16.2. The van der Waals surface area contributed by atoms with E-state index in [0.29, 0.717) is 6.54 Å². The molecule has 0 fully saturated rings. The number of rotatable bonds is 8. The van der Waals surface area contributed by atoms with E-state index in [9.17, 15) is 4.79 Å². The fourth-order valence-corrected chi connectivity index (χ4v) is 2.16. The Kier molecular flexibility index (Phi) is 6.19. The highest BCUT2D eigenvalue weighted by Gasteiger charge is 2.33. The van der Waals surface area contributed by atoms with E-state index in [2.05, 4.69) is 18.9 Å². The first-order valence-electron chi connectivity index (χ1n) is 6.83. The van der Waals surface area contributed by atoms with Crippen molar-refractivity contribution in [1.29, 1.82) is 0 Å². The number of carbonyl (C=O) groups excluding carboxylic acids is 1. The number of amides is 1. The van der Waals surface area contributed by atoms with Crippen LogP contribution in [0.4, 0.5) is 0 Å². The number of carbonyl (C=O) groups is 1. The van der Waals surface area contributed by atoms with Crippen molar-refractivity contribution in [1.82, 2.24) is 5.01 Å². The van der Waals surface area contributed by atoms with Gasteiger partial charge in [0.15, 0.2) is 0 Å². The third-order valence-corrected chi connectivity index (χ3v) is 3.13. The van der Waals surface area contributed by atoms with Crippen molar-refractivity contribution in [3.63, 3.8) is 0 Å². The lowest BCUT2D eigenvalue weighted by Gasteiger charge is -2.13.